The monoisotopic (exact) mass is 560 g/mol. The van der Waals surface area contributed by atoms with Crippen molar-refractivity contribution in [2.24, 2.45) is 0 Å². The first-order valence-electron chi connectivity index (χ1n) is 12.6. The molecule has 1 fully saturated rings. The Labute approximate surface area is 233 Å². The van der Waals surface area contributed by atoms with E-state index < -0.39 is 29.5 Å². The number of ketones is 1. The fraction of sp³-hybridized carbons (Fsp3) is 0.200. The van der Waals surface area contributed by atoms with Crippen molar-refractivity contribution >= 4 is 50.1 Å². The van der Waals surface area contributed by atoms with Crippen LogP contribution in [0.25, 0.3) is 16.0 Å². The van der Waals surface area contributed by atoms with Gasteiger partial charge in [0.1, 0.15) is 17.3 Å². The maximum atomic E-state index is 13.9. The normalized spacial score (nSPS) is 16.5. The van der Waals surface area contributed by atoms with Crippen LogP contribution in [0, 0.1) is 5.82 Å². The first kappa shape index (κ1) is 27.0. The van der Waals surface area contributed by atoms with E-state index in [1.54, 1.807) is 36.4 Å². The lowest BCUT2D eigenvalue weighted by molar-refractivity contribution is -0.132. The molecular weight excluding hydrogens is 535 g/mol. The standard InChI is InChI=1S/C30H25FN2O6S/c1-3-4-14-39-21-7-5-6-19(15-21)26(34)24-25(17-8-10-18(11-9-17)29(37)38-2)33(28(36)27(24)35)30-32-22-13-12-20(31)16-23(22)40-30/h5-13,15-16,25,34H,3-4,14H2,1-2H3/b26-24+. The summed E-state index contributed by atoms with van der Waals surface area (Å²) in [5.74, 6) is -2.66. The van der Waals surface area contributed by atoms with Crippen molar-refractivity contribution < 1.29 is 33.4 Å². The molecule has 1 saturated heterocycles. The number of aliphatic hydroxyl groups is 1. The van der Waals surface area contributed by atoms with Crippen LogP contribution in [0.1, 0.15) is 47.3 Å². The Morgan fingerprint density at radius 2 is 1.85 bits per heavy atom. The molecular formula is C30H25FN2O6S. The molecule has 0 bridgehead atoms. The number of carbonyl (C=O) groups excluding carboxylic acids is 3. The molecule has 40 heavy (non-hydrogen) atoms. The molecule has 4 aromatic rings. The summed E-state index contributed by atoms with van der Waals surface area (Å²) in [6.45, 7) is 2.54. The van der Waals surface area contributed by atoms with E-state index in [0.717, 1.165) is 24.2 Å². The number of ether oxygens (including phenoxy) is 2. The maximum absolute atomic E-state index is 13.9. The number of nitrogens with zero attached hydrogens (tertiary/aromatic N) is 2. The third-order valence-corrected chi connectivity index (χ3v) is 7.53. The number of rotatable bonds is 8. The third-order valence-electron chi connectivity index (χ3n) is 6.51. The van der Waals surface area contributed by atoms with Crippen LogP contribution in [0.3, 0.4) is 0 Å². The summed E-state index contributed by atoms with van der Waals surface area (Å²) in [5.41, 5.74) is 1.34. The van der Waals surface area contributed by atoms with Crippen molar-refractivity contribution in [3.05, 3.63) is 94.8 Å². The number of amides is 1. The molecule has 0 spiro atoms. The first-order chi connectivity index (χ1) is 19.3. The number of thiazole rings is 1. The molecule has 5 rings (SSSR count). The molecule has 204 valence electrons. The Morgan fingerprint density at radius 3 is 2.58 bits per heavy atom. The summed E-state index contributed by atoms with van der Waals surface area (Å²) in [6.07, 6.45) is 1.81. The predicted octanol–water partition coefficient (Wildman–Crippen LogP) is 6.03. The molecule has 1 unspecified atom stereocenters. The number of halogens is 1. The number of hydrogen-bond acceptors (Lipinski definition) is 8. The van der Waals surface area contributed by atoms with E-state index in [9.17, 15) is 23.9 Å². The fourth-order valence-electron chi connectivity index (χ4n) is 4.48. The van der Waals surface area contributed by atoms with E-state index in [1.165, 1.54) is 42.3 Å². The molecule has 8 nitrogen and oxygen atoms in total. The van der Waals surface area contributed by atoms with Gasteiger partial charge in [0.25, 0.3) is 5.78 Å². The van der Waals surface area contributed by atoms with Gasteiger partial charge in [-0.3, -0.25) is 14.5 Å². The van der Waals surface area contributed by atoms with Crippen LogP contribution in [-0.2, 0) is 14.3 Å². The average Bonchev–Trinajstić information content (AvgIpc) is 3.50. The summed E-state index contributed by atoms with van der Waals surface area (Å²) in [4.78, 5) is 44.6. The number of esters is 1. The number of benzene rings is 3. The van der Waals surface area contributed by atoms with Crippen molar-refractivity contribution in [3.63, 3.8) is 0 Å². The zero-order valence-corrected chi connectivity index (χ0v) is 22.5. The Morgan fingerprint density at radius 1 is 1.07 bits per heavy atom. The maximum Gasteiger partial charge on any atom is 0.337 e. The minimum Gasteiger partial charge on any atom is -0.507 e. The molecule has 1 aliphatic rings. The summed E-state index contributed by atoms with van der Waals surface area (Å²) < 4.78 is 24.9. The first-order valence-corrected chi connectivity index (χ1v) is 13.4. The van der Waals surface area contributed by atoms with E-state index in [1.807, 2.05) is 6.92 Å². The lowest BCUT2D eigenvalue weighted by atomic mass is 9.94. The van der Waals surface area contributed by atoms with Gasteiger partial charge >= 0.3 is 11.9 Å². The van der Waals surface area contributed by atoms with Crippen molar-refractivity contribution in [2.45, 2.75) is 25.8 Å². The largest absolute Gasteiger partial charge is 0.507 e. The highest BCUT2D eigenvalue weighted by molar-refractivity contribution is 7.22. The van der Waals surface area contributed by atoms with Crippen LogP contribution >= 0.6 is 11.3 Å². The second-order valence-corrected chi connectivity index (χ2v) is 10.1. The van der Waals surface area contributed by atoms with Crippen molar-refractivity contribution in [1.29, 1.82) is 0 Å². The van der Waals surface area contributed by atoms with E-state index in [-0.39, 0.29) is 22.0 Å². The summed E-state index contributed by atoms with van der Waals surface area (Å²) >= 11 is 1.05. The molecule has 1 atom stereocenters. The van der Waals surface area contributed by atoms with Gasteiger partial charge in [-0.05, 0) is 54.4 Å². The number of aliphatic hydroxyl groups excluding tert-OH is 1. The third kappa shape index (κ3) is 5.05. The smallest absolute Gasteiger partial charge is 0.337 e. The summed E-state index contributed by atoms with van der Waals surface area (Å²) in [6, 6.07) is 15.8. The van der Waals surface area contributed by atoms with Gasteiger partial charge < -0.3 is 14.6 Å². The zero-order chi connectivity index (χ0) is 28.4. The lowest BCUT2D eigenvalue weighted by Gasteiger charge is -2.23. The molecule has 0 radical (unpaired) electrons. The van der Waals surface area contributed by atoms with Crippen LogP contribution in [-0.4, -0.2) is 41.5 Å². The molecule has 1 aromatic heterocycles. The van der Waals surface area contributed by atoms with Crippen LogP contribution in [0.5, 0.6) is 5.75 Å². The van der Waals surface area contributed by atoms with E-state index >= 15 is 0 Å². The minimum absolute atomic E-state index is 0.146. The molecule has 1 amide bonds. The van der Waals surface area contributed by atoms with E-state index in [4.69, 9.17) is 9.47 Å². The number of methoxy groups -OCH3 is 1. The van der Waals surface area contributed by atoms with Crippen LogP contribution in [0.4, 0.5) is 9.52 Å². The molecule has 3 aromatic carbocycles. The summed E-state index contributed by atoms with van der Waals surface area (Å²) in [5, 5.41) is 11.6. The number of carbonyl (C=O) groups is 3. The van der Waals surface area contributed by atoms with Crippen molar-refractivity contribution in [1.82, 2.24) is 4.98 Å². The zero-order valence-electron chi connectivity index (χ0n) is 21.7. The molecule has 10 heteroatoms. The van der Waals surface area contributed by atoms with Gasteiger partial charge in [0, 0.05) is 5.56 Å². The second-order valence-electron chi connectivity index (χ2n) is 9.12. The number of aromatic nitrogens is 1. The van der Waals surface area contributed by atoms with Gasteiger partial charge in [-0.25, -0.2) is 14.2 Å². The highest BCUT2D eigenvalue weighted by Crippen LogP contribution is 2.44. The Bertz CT molecular complexity index is 1650. The lowest BCUT2D eigenvalue weighted by Crippen LogP contribution is -2.29. The minimum atomic E-state index is -1.07. The number of anilines is 1. The molecule has 2 heterocycles. The Balaban J connectivity index is 1.65. The highest BCUT2D eigenvalue weighted by atomic mass is 32.1. The Kier molecular flexibility index (Phi) is 7.61. The highest BCUT2D eigenvalue weighted by Gasteiger charge is 2.48. The van der Waals surface area contributed by atoms with Crippen LogP contribution in [0.2, 0.25) is 0 Å². The number of unbranched alkanes of at least 4 members (excludes halogenated alkanes) is 1. The SMILES string of the molecule is CCCCOc1cccc(/C(O)=C2\C(=O)C(=O)N(c3nc4ccc(F)cc4s3)C2c2ccc(C(=O)OC)cc2)c1. The van der Waals surface area contributed by atoms with E-state index in [2.05, 4.69) is 4.98 Å². The quantitative estimate of drug-likeness (QED) is 0.0923. The number of Topliss-reactive ketones (excluding diaryl/α,β-unsaturated/α-hetero) is 1. The topological polar surface area (TPSA) is 106 Å². The molecule has 0 aliphatic carbocycles. The predicted molar refractivity (Wildman–Crippen MR) is 149 cm³/mol. The molecule has 1 N–H and O–H groups in total. The van der Waals surface area contributed by atoms with Crippen molar-refractivity contribution in [3.8, 4) is 5.75 Å². The molecule has 0 saturated carbocycles. The fourth-order valence-corrected chi connectivity index (χ4v) is 5.49. The van der Waals surface area contributed by atoms with Gasteiger partial charge in [0.05, 0.1) is 41.1 Å². The van der Waals surface area contributed by atoms with Crippen molar-refractivity contribution in [2.75, 3.05) is 18.6 Å². The second kappa shape index (κ2) is 11.3. The van der Waals surface area contributed by atoms with Crippen LogP contribution in [0.15, 0.2) is 72.3 Å². The van der Waals surface area contributed by atoms with Crippen LogP contribution < -0.4 is 9.64 Å². The number of fused-ring (bicyclic) bond motifs is 1. The van der Waals surface area contributed by atoms with E-state index in [0.29, 0.717) is 33.7 Å². The van der Waals surface area contributed by atoms with Gasteiger partial charge in [-0.15, -0.1) is 0 Å². The molecule has 1 aliphatic heterocycles. The Hall–Kier alpha value is -4.57. The summed E-state index contributed by atoms with van der Waals surface area (Å²) in [7, 11) is 1.27. The average molecular weight is 561 g/mol. The number of hydrogen-bond donors (Lipinski definition) is 1. The van der Waals surface area contributed by atoms with Gasteiger partial charge in [0.15, 0.2) is 5.13 Å². The van der Waals surface area contributed by atoms with Gasteiger partial charge in [-0.1, -0.05) is 48.9 Å². The van der Waals surface area contributed by atoms with Gasteiger partial charge in [-0.2, -0.15) is 0 Å². The van der Waals surface area contributed by atoms with Gasteiger partial charge in [0.2, 0.25) is 0 Å².